The van der Waals surface area contributed by atoms with Gasteiger partial charge in [-0.25, -0.2) is 4.58 Å². The Hall–Kier alpha value is -2.27. The van der Waals surface area contributed by atoms with E-state index in [-0.39, 0.29) is 0 Å². The summed E-state index contributed by atoms with van der Waals surface area (Å²) in [5.41, 5.74) is 8.03. The number of hydrogen-bond donors (Lipinski definition) is 1. The molecule has 166 valence electrons. The van der Waals surface area contributed by atoms with Crippen LogP contribution in [-0.4, -0.2) is 63.9 Å². The van der Waals surface area contributed by atoms with Crippen molar-refractivity contribution in [2.75, 3.05) is 53.6 Å². The van der Waals surface area contributed by atoms with Crippen LogP contribution in [0.1, 0.15) is 35.1 Å². The van der Waals surface area contributed by atoms with Crippen molar-refractivity contribution < 1.29 is 19.4 Å². The Morgan fingerprint density at radius 1 is 0.968 bits per heavy atom. The predicted molar refractivity (Wildman–Crippen MR) is 128 cm³/mol. The van der Waals surface area contributed by atoms with Crippen LogP contribution in [0, 0.1) is 0 Å². The zero-order valence-corrected chi connectivity index (χ0v) is 19.2. The van der Waals surface area contributed by atoms with E-state index in [1.807, 2.05) is 0 Å². The SMILES string of the molecule is C=C(CCOCCOCCC1=[N+](C)CCc2ccccc21)c1ccccc1CC[NH2+]C. The van der Waals surface area contributed by atoms with Gasteiger partial charge in [-0.15, -0.1) is 0 Å². The van der Waals surface area contributed by atoms with Crippen LogP contribution in [0.2, 0.25) is 0 Å². The number of rotatable bonds is 13. The van der Waals surface area contributed by atoms with Crippen LogP contribution < -0.4 is 5.32 Å². The zero-order valence-electron chi connectivity index (χ0n) is 19.2. The van der Waals surface area contributed by atoms with E-state index < -0.39 is 0 Å². The van der Waals surface area contributed by atoms with E-state index in [1.165, 1.54) is 28.0 Å². The third-order valence-electron chi connectivity index (χ3n) is 6.01. The second-order valence-electron chi connectivity index (χ2n) is 8.21. The highest BCUT2D eigenvalue weighted by atomic mass is 16.5. The summed E-state index contributed by atoms with van der Waals surface area (Å²) in [4.78, 5) is 0. The lowest BCUT2D eigenvalue weighted by molar-refractivity contribution is -0.626. The van der Waals surface area contributed by atoms with Crippen LogP contribution in [0.15, 0.2) is 55.1 Å². The molecule has 2 N–H and O–H groups in total. The maximum atomic E-state index is 5.86. The number of benzene rings is 2. The second kappa shape index (κ2) is 12.6. The Morgan fingerprint density at radius 3 is 2.55 bits per heavy atom. The van der Waals surface area contributed by atoms with Crippen molar-refractivity contribution in [2.24, 2.45) is 0 Å². The van der Waals surface area contributed by atoms with Crippen LogP contribution in [0.5, 0.6) is 0 Å². The van der Waals surface area contributed by atoms with E-state index in [2.05, 4.69) is 79.1 Å². The van der Waals surface area contributed by atoms with Gasteiger partial charge in [-0.3, -0.25) is 0 Å². The van der Waals surface area contributed by atoms with Crippen LogP contribution >= 0.6 is 0 Å². The first kappa shape index (κ1) is 23.4. The third-order valence-corrected chi connectivity index (χ3v) is 6.01. The van der Waals surface area contributed by atoms with E-state index in [0.29, 0.717) is 19.8 Å². The summed E-state index contributed by atoms with van der Waals surface area (Å²) in [5.74, 6) is 0. The number of nitrogens with zero attached hydrogens (tertiary/aromatic N) is 1. The van der Waals surface area contributed by atoms with Crippen molar-refractivity contribution in [1.82, 2.24) is 0 Å². The maximum absolute atomic E-state index is 5.86. The molecule has 0 fully saturated rings. The van der Waals surface area contributed by atoms with E-state index in [4.69, 9.17) is 9.47 Å². The first-order chi connectivity index (χ1) is 15.2. The standard InChI is InChI=1S/C27H37N2O2/c1-22(25-10-6-4-8-23(25)12-16-28-2)14-18-30-20-21-31-19-15-27-26-11-7-5-9-24(26)13-17-29(27)3/h4-11,28H,1,12-21H2,2-3H3/q+1/p+1. The largest absolute Gasteiger partial charge is 0.379 e. The van der Waals surface area contributed by atoms with Gasteiger partial charge < -0.3 is 14.8 Å². The number of hydrogen-bond acceptors (Lipinski definition) is 2. The van der Waals surface area contributed by atoms with E-state index in [1.54, 1.807) is 0 Å². The van der Waals surface area contributed by atoms with E-state index in [9.17, 15) is 0 Å². The van der Waals surface area contributed by atoms with Gasteiger partial charge in [0.1, 0.15) is 13.6 Å². The van der Waals surface area contributed by atoms with Gasteiger partial charge in [-0.05, 0) is 34.8 Å². The van der Waals surface area contributed by atoms with Gasteiger partial charge >= 0.3 is 0 Å². The fraction of sp³-hybridized carbons (Fsp3) is 0.444. The average molecular weight is 423 g/mol. The van der Waals surface area contributed by atoms with Crippen LogP contribution in [0.4, 0.5) is 0 Å². The monoisotopic (exact) mass is 422 g/mol. The Balaban J connectivity index is 1.32. The van der Waals surface area contributed by atoms with Gasteiger partial charge in [0.15, 0.2) is 5.71 Å². The van der Waals surface area contributed by atoms with Gasteiger partial charge in [-0.1, -0.05) is 49.0 Å². The smallest absolute Gasteiger partial charge is 0.185 e. The molecule has 1 heterocycles. The molecule has 0 unspecified atom stereocenters. The zero-order chi connectivity index (χ0) is 21.9. The van der Waals surface area contributed by atoms with Crippen molar-refractivity contribution in [3.8, 4) is 0 Å². The molecule has 4 nitrogen and oxygen atoms in total. The molecule has 4 heteroatoms. The fourth-order valence-electron chi connectivity index (χ4n) is 4.18. The van der Waals surface area contributed by atoms with Crippen molar-refractivity contribution in [2.45, 2.75) is 25.7 Å². The van der Waals surface area contributed by atoms with Crippen molar-refractivity contribution in [3.63, 3.8) is 0 Å². The molecule has 0 spiro atoms. The molecule has 0 aliphatic carbocycles. The fourth-order valence-corrected chi connectivity index (χ4v) is 4.18. The molecule has 0 atom stereocenters. The topological polar surface area (TPSA) is 38.1 Å². The average Bonchev–Trinajstić information content (AvgIpc) is 2.80. The van der Waals surface area contributed by atoms with E-state index in [0.717, 1.165) is 51.0 Å². The quantitative estimate of drug-likeness (QED) is 0.398. The molecule has 2 aromatic carbocycles. The van der Waals surface area contributed by atoms with Crippen LogP contribution in [0.3, 0.4) is 0 Å². The number of likely N-dealkylation sites (N-methyl/N-ethyl adjacent to an activating group) is 2. The number of fused-ring (bicyclic) bond motifs is 1. The molecule has 0 saturated carbocycles. The minimum atomic E-state index is 0.626. The van der Waals surface area contributed by atoms with Crippen LogP contribution in [0.25, 0.3) is 5.57 Å². The summed E-state index contributed by atoms with van der Waals surface area (Å²) >= 11 is 0. The Kier molecular flexibility index (Phi) is 9.47. The minimum Gasteiger partial charge on any atom is -0.379 e. The molecule has 0 saturated heterocycles. The molecule has 31 heavy (non-hydrogen) atoms. The van der Waals surface area contributed by atoms with Gasteiger partial charge in [-0.2, -0.15) is 0 Å². The lowest BCUT2D eigenvalue weighted by Crippen LogP contribution is -2.80. The number of ether oxygens (including phenoxy) is 2. The summed E-state index contributed by atoms with van der Waals surface area (Å²) in [6, 6.07) is 17.3. The maximum Gasteiger partial charge on any atom is 0.185 e. The van der Waals surface area contributed by atoms with Gasteiger partial charge in [0, 0.05) is 18.4 Å². The highest BCUT2D eigenvalue weighted by Gasteiger charge is 2.22. The highest BCUT2D eigenvalue weighted by molar-refractivity contribution is 5.98. The second-order valence-corrected chi connectivity index (χ2v) is 8.21. The number of quaternary nitrogens is 1. The molecule has 0 bridgehead atoms. The lowest BCUT2D eigenvalue weighted by Gasteiger charge is -2.16. The third kappa shape index (κ3) is 6.86. The molecular formula is C27H38N2O2+2. The molecule has 0 radical (unpaired) electrons. The summed E-state index contributed by atoms with van der Waals surface area (Å²) < 4.78 is 14.0. The van der Waals surface area contributed by atoms with E-state index >= 15 is 0 Å². The molecule has 2 aromatic rings. The summed E-state index contributed by atoms with van der Waals surface area (Å²) in [6.07, 6.45) is 3.99. The number of nitrogens with two attached hydrogens (primary N) is 1. The van der Waals surface area contributed by atoms with Gasteiger partial charge in [0.2, 0.25) is 0 Å². The molecule has 0 aromatic heterocycles. The summed E-state index contributed by atoms with van der Waals surface area (Å²) in [6.45, 7) is 9.14. The first-order valence-electron chi connectivity index (χ1n) is 11.5. The molecular weight excluding hydrogens is 384 g/mol. The predicted octanol–water partition coefficient (Wildman–Crippen LogP) is 2.94. The first-order valence-corrected chi connectivity index (χ1v) is 11.5. The van der Waals surface area contributed by atoms with Gasteiger partial charge in [0.25, 0.3) is 0 Å². The molecule has 3 rings (SSSR count). The Labute approximate surface area is 187 Å². The summed E-state index contributed by atoms with van der Waals surface area (Å²) in [7, 11) is 4.29. The Bertz CT molecular complexity index is 888. The molecule has 1 aliphatic rings. The Morgan fingerprint density at radius 2 is 1.71 bits per heavy atom. The highest BCUT2D eigenvalue weighted by Crippen LogP contribution is 2.21. The van der Waals surface area contributed by atoms with Crippen LogP contribution in [-0.2, 0) is 22.3 Å². The summed E-state index contributed by atoms with van der Waals surface area (Å²) in [5, 5.41) is 2.21. The van der Waals surface area contributed by atoms with Gasteiger partial charge in [0.05, 0.1) is 46.4 Å². The lowest BCUT2D eigenvalue weighted by atomic mass is 9.95. The minimum absolute atomic E-state index is 0.626. The molecule has 0 amide bonds. The van der Waals surface area contributed by atoms with Crippen molar-refractivity contribution >= 4 is 11.3 Å². The normalized spacial score (nSPS) is 13.4. The molecule has 1 aliphatic heterocycles. The van der Waals surface area contributed by atoms with Crippen molar-refractivity contribution in [3.05, 3.63) is 77.4 Å². The van der Waals surface area contributed by atoms with Crippen molar-refractivity contribution in [1.29, 1.82) is 0 Å².